The summed E-state index contributed by atoms with van der Waals surface area (Å²) < 4.78 is 6.59. The monoisotopic (exact) mass is 509 g/mol. The SMILES string of the molecule is C[C@@H]1[C@@H]([Si](C)(C)O)[C@H](CCO)O[C@@]12C(=O)N(Cc1ccc(N3CCNCC3=O)cc1)c1ccccc12. The highest BCUT2D eigenvalue weighted by Gasteiger charge is 2.65. The Hall–Kier alpha value is -2.56. The van der Waals surface area contributed by atoms with Crippen molar-refractivity contribution in [1.82, 2.24) is 5.32 Å². The van der Waals surface area contributed by atoms with Crippen molar-refractivity contribution in [2.24, 2.45) is 5.92 Å². The first-order valence-corrected chi connectivity index (χ1v) is 15.7. The van der Waals surface area contributed by atoms with Crippen LogP contribution < -0.4 is 15.1 Å². The molecule has 0 saturated carbocycles. The van der Waals surface area contributed by atoms with Crippen molar-refractivity contribution in [2.75, 3.05) is 36.0 Å². The predicted octanol–water partition coefficient (Wildman–Crippen LogP) is 2.35. The van der Waals surface area contributed by atoms with Crippen LogP contribution in [0.5, 0.6) is 0 Å². The molecule has 2 fully saturated rings. The van der Waals surface area contributed by atoms with Crippen LogP contribution in [0.1, 0.15) is 24.5 Å². The van der Waals surface area contributed by atoms with E-state index in [0.29, 0.717) is 26.1 Å². The molecule has 0 radical (unpaired) electrons. The number of ether oxygens (including phenoxy) is 1. The predicted molar refractivity (Wildman–Crippen MR) is 140 cm³/mol. The van der Waals surface area contributed by atoms with Crippen LogP contribution >= 0.6 is 0 Å². The molecule has 2 saturated heterocycles. The molecule has 0 aromatic heterocycles. The van der Waals surface area contributed by atoms with Crippen LogP contribution in [-0.4, -0.2) is 62.4 Å². The Kier molecular flexibility index (Phi) is 6.55. The molecule has 3 aliphatic rings. The molecule has 3 heterocycles. The maximum absolute atomic E-state index is 14.2. The van der Waals surface area contributed by atoms with Gasteiger partial charge in [-0.3, -0.25) is 9.59 Å². The first kappa shape index (κ1) is 25.1. The number of nitrogens with zero attached hydrogens (tertiary/aromatic N) is 2. The Bertz CT molecular complexity index is 1150. The molecule has 3 N–H and O–H groups in total. The quantitative estimate of drug-likeness (QED) is 0.517. The molecule has 0 unspecified atom stereocenters. The average Bonchev–Trinajstić information content (AvgIpc) is 3.27. The smallest absolute Gasteiger partial charge is 0.264 e. The van der Waals surface area contributed by atoms with E-state index in [4.69, 9.17) is 4.74 Å². The average molecular weight is 510 g/mol. The second-order valence-corrected chi connectivity index (χ2v) is 14.6. The Labute approximate surface area is 213 Å². The number of carbonyl (C=O) groups is 2. The second-order valence-electron chi connectivity index (χ2n) is 10.7. The van der Waals surface area contributed by atoms with Gasteiger partial charge in [-0.05, 0) is 43.3 Å². The molecule has 4 atom stereocenters. The van der Waals surface area contributed by atoms with Crippen LogP contribution in [0.2, 0.25) is 18.6 Å². The lowest BCUT2D eigenvalue weighted by atomic mass is 9.82. The first-order chi connectivity index (χ1) is 17.2. The number of anilines is 2. The highest BCUT2D eigenvalue weighted by Crippen LogP contribution is 2.59. The van der Waals surface area contributed by atoms with E-state index in [0.717, 1.165) is 29.0 Å². The third-order valence-corrected chi connectivity index (χ3v) is 10.5. The number of benzene rings is 2. The maximum Gasteiger partial charge on any atom is 0.264 e. The second kappa shape index (κ2) is 9.39. The van der Waals surface area contributed by atoms with E-state index in [1.54, 1.807) is 9.80 Å². The lowest BCUT2D eigenvalue weighted by molar-refractivity contribution is -0.146. The van der Waals surface area contributed by atoms with Crippen molar-refractivity contribution in [3.63, 3.8) is 0 Å². The Balaban J connectivity index is 1.46. The molecule has 9 heteroatoms. The van der Waals surface area contributed by atoms with Gasteiger partial charge in [0.15, 0.2) is 13.9 Å². The van der Waals surface area contributed by atoms with Crippen molar-refractivity contribution < 1.29 is 24.2 Å². The van der Waals surface area contributed by atoms with Crippen LogP contribution in [0.25, 0.3) is 0 Å². The summed E-state index contributed by atoms with van der Waals surface area (Å²) in [7, 11) is -2.70. The van der Waals surface area contributed by atoms with Gasteiger partial charge in [-0.2, -0.15) is 0 Å². The summed E-state index contributed by atoms with van der Waals surface area (Å²) in [5.74, 6) is -0.309. The molecular formula is C27H35N3O5Si. The number of piperazine rings is 1. The number of rotatable bonds is 6. The number of fused-ring (bicyclic) bond motifs is 2. The molecule has 0 bridgehead atoms. The van der Waals surface area contributed by atoms with Crippen LogP contribution in [0.15, 0.2) is 48.5 Å². The summed E-state index contributed by atoms with van der Waals surface area (Å²) in [5, 5.41) is 12.8. The van der Waals surface area contributed by atoms with E-state index in [1.807, 2.05) is 68.5 Å². The Morgan fingerprint density at radius 3 is 2.53 bits per heavy atom. The van der Waals surface area contributed by atoms with Gasteiger partial charge in [-0.1, -0.05) is 37.3 Å². The zero-order valence-corrected chi connectivity index (χ0v) is 22.1. The van der Waals surface area contributed by atoms with E-state index < -0.39 is 13.9 Å². The van der Waals surface area contributed by atoms with E-state index in [2.05, 4.69) is 5.32 Å². The summed E-state index contributed by atoms with van der Waals surface area (Å²) in [6.45, 7) is 7.82. The van der Waals surface area contributed by atoms with Crippen LogP contribution in [0.4, 0.5) is 11.4 Å². The Morgan fingerprint density at radius 2 is 1.86 bits per heavy atom. The number of aliphatic hydroxyl groups is 1. The number of amides is 2. The van der Waals surface area contributed by atoms with Gasteiger partial charge in [-0.25, -0.2) is 0 Å². The number of para-hydroxylation sites is 1. The summed E-state index contributed by atoms with van der Waals surface area (Å²) in [4.78, 5) is 41.1. The lowest BCUT2D eigenvalue weighted by Crippen LogP contribution is -2.48. The van der Waals surface area contributed by atoms with Gasteiger partial charge in [0.05, 0.1) is 24.9 Å². The highest BCUT2D eigenvalue weighted by atomic mass is 28.4. The number of nitrogens with one attached hydrogen (secondary N) is 1. The molecule has 0 aliphatic carbocycles. The van der Waals surface area contributed by atoms with Gasteiger partial charge in [0.2, 0.25) is 5.91 Å². The molecule has 3 aliphatic heterocycles. The minimum absolute atomic E-state index is 0.0503. The minimum Gasteiger partial charge on any atom is -0.432 e. The van der Waals surface area contributed by atoms with Crippen molar-refractivity contribution in [1.29, 1.82) is 0 Å². The highest BCUT2D eigenvalue weighted by molar-refractivity contribution is 6.71. The zero-order chi connectivity index (χ0) is 25.7. The fraction of sp³-hybridized carbons (Fsp3) is 0.481. The standard InChI is InChI=1S/C27H35N3O5Si/c1-18-25(36(2,3)34)23(12-15-31)35-27(18)21-6-4-5-7-22(21)30(26(27)33)17-19-8-10-20(11-9-19)29-14-13-28-16-24(29)32/h4-11,18,23,25,28,31,34H,12-17H2,1-3H3/t18-,23+,25-,27+/m1/s1. The van der Waals surface area contributed by atoms with Crippen molar-refractivity contribution in [3.8, 4) is 0 Å². The number of hydrogen-bond donors (Lipinski definition) is 3. The van der Waals surface area contributed by atoms with E-state index in [1.165, 1.54) is 0 Å². The number of hydrogen-bond acceptors (Lipinski definition) is 6. The van der Waals surface area contributed by atoms with E-state index in [-0.39, 0.29) is 36.0 Å². The first-order valence-electron chi connectivity index (χ1n) is 12.7. The largest absolute Gasteiger partial charge is 0.432 e. The minimum atomic E-state index is -2.70. The molecule has 36 heavy (non-hydrogen) atoms. The van der Waals surface area contributed by atoms with Crippen LogP contribution in [0, 0.1) is 5.92 Å². The third-order valence-electron chi connectivity index (χ3n) is 7.98. The molecule has 2 aromatic carbocycles. The zero-order valence-electron chi connectivity index (χ0n) is 21.1. The molecule has 2 amide bonds. The summed E-state index contributed by atoms with van der Waals surface area (Å²) in [5.41, 5.74) is 2.09. The van der Waals surface area contributed by atoms with Gasteiger partial charge < -0.3 is 29.8 Å². The van der Waals surface area contributed by atoms with Gasteiger partial charge >= 0.3 is 0 Å². The fourth-order valence-electron chi connectivity index (χ4n) is 6.43. The van der Waals surface area contributed by atoms with Crippen LogP contribution in [-0.2, 0) is 26.5 Å². The van der Waals surface area contributed by atoms with Crippen molar-refractivity contribution >= 4 is 31.5 Å². The summed E-state index contributed by atoms with van der Waals surface area (Å²) in [6.07, 6.45) is -0.000423. The maximum atomic E-state index is 14.2. The van der Waals surface area contributed by atoms with Gasteiger partial charge in [0.25, 0.3) is 5.91 Å². The van der Waals surface area contributed by atoms with E-state index in [9.17, 15) is 19.5 Å². The summed E-state index contributed by atoms with van der Waals surface area (Å²) in [6, 6.07) is 15.5. The number of aliphatic hydroxyl groups excluding tert-OH is 1. The Morgan fingerprint density at radius 1 is 1.14 bits per heavy atom. The molecule has 2 aromatic rings. The third kappa shape index (κ3) is 3.99. The summed E-state index contributed by atoms with van der Waals surface area (Å²) >= 11 is 0. The van der Waals surface area contributed by atoms with E-state index >= 15 is 0 Å². The van der Waals surface area contributed by atoms with Gasteiger partial charge in [0, 0.05) is 42.4 Å². The molecule has 1 spiro atoms. The van der Waals surface area contributed by atoms with Crippen molar-refractivity contribution in [3.05, 3.63) is 59.7 Å². The van der Waals surface area contributed by atoms with Gasteiger partial charge in [0.1, 0.15) is 0 Å². The topological polar surface area (TPSA) is 102 Å². The van der Waals surface area contributed by atoms with Crippen LogP contribution in [0.3, 0.4) is 0 Å². The normalized spacial score (nSPS) is 28.3. The fourth-order valence-corrected chi connectivity index (χ4v) is 9.03. The number of carbonyl (C=O) groups excluding carboxylic acids is 2. The lowest BCUT2D eigenvalue weighted by Gasteiger charge is -2.32. The molecule has 8 nitrogen and oxygen atoms in total. The van der Waals surface area contributed by atoms with Crippen molar-refractivity contribution in [2.45, 2.75) is 50.2 Å². The molecule has 192 valence electrons. The van der Waals surface area contributed by atoms with Gasteiger partial charge in [-0.15, -0.1) is 0 Å². The molecular weight excluding hydrogens is 474 g/mol. The molecule has 5 rings (SSSR count).